The van der Waals surface area contributed by atoms with Crippen molar-refractivity contribution >= 4 is 28.9 Å². The molecule has 0 fully saturated rings. The zero-order valence-corrected chi connectivity index (χ0v) is 17.3. The van der Waals surface area contributed by atoms with Crippen LogP contribution in [0.25, 0.3) is 0 Å². The summed E-state index contributed by atoms with van der Waals surface area (Å²) in [6.07, 6.45) is 0. The summed E-state index contributed by atoms with van der Waals surface area (Å²) >= 11 is 1.25. The van der Waals surface area contributed by atoms with Gasteiger partial charge in [0.25, 0.3) is 0 Å². The predicted octanol–water partition coefficient (Wildman–Crippen LogP) is 3.40. The Morgan fingerprint density at radius 1 is 1.14 bits per heavy atom. The van der Waals surface area contributed by atoms with Crippen molar-refractivity contribution in [2.24, 2.45) is 4.99 Å². The second kappa shape index (κ2) is 8.10. The van der Waals surface area contributed by atoms with Crippen LogP contribution in [0.1, 0.15) is 32.4 Å². The molecule has 148 valence electrons. The summed E-state index contributed by atoms with van der Waals surface area (Å²) < 4.78 is 15.4. The van der Waals surface area contributed by atoms with Crippen molar-refractivity contribution in [3.63, 3.8) is 0 Å². The third kappa shape index (κ3) is 3.40. The fourth-order valence-electron chi connectivity index (χ4n) is 3.24. The Labute approximate surface area is 168 Å². The summed E-state index contributed by atoms with van der Waals surface area (Å²) in [7, 11) is 2.94. The monoisotopic (exact) mass is 402 g/mol. The number of methoxy groups -OCH3 is 2. The Balaban J connectivity index is 2.13. The SMILES string of the molecule is CCOC(=O)C1=C(C)N2C(=NC(C)=C(C(=O)OC)[C@@H]2c2ccc(OC)cc2)S1. The Morgan fingerprint density at radius 3 is 2.39 bits per heavy atom. The molecule has 1 aromatic rings. The molecule has 8 heteroatoms. The molecule has 2 aliphatic rings. The third-order valence-electron chi connectivity index (χ3n) is 4.57. The number of rotatable bonds is 5. The van der Waals surface area contributed by atoms with E-state index in [1.54, 1.807) is 21.0 Å². The first-order valence-corrected chi connectivity index (χ1v) is 9.61. The number of esters is 2. The lowest BCUT2D eigenvalue weighted by molar-refractivity contribution is -0.138. The number of aliphatic imine (C=N–C) groups is 1. The van der Waals surface area contributed by atoms with E-state index in [2.05, 4.69) is 4.99 Å². The van der Waals surface area contributed by atoms with Crippen molar-refractivity contribution in [3.05, 3.63) is 51.7 Å². The first kappa shape index (κ1) is 20.0. The van der Waals surface area contributed by atoms with Gasteiger partial charge in [-0.1, -0.05) is 12.1 Å². The van der Waals surface area contributed by atoms with Gasteiger partial charge in [-0.05, 0) is 50.2 Å². The van der Waals surface area contributed by atoms with E-state index in [1.165, 1.54) is 18.9 Å². The van der Waals surface area contributed by atoms with E-state index in [9.17, 15) is 9.59 Å². The van der Waals surface area contributed by atoms with Crippen molar-refractivity contribution in [2.75, 3.05) is 20.8 Å². The van der Waals surface area contributed by atoms with Crippen LogP contribution in [0.3, 0.4) is 0 Å². The number of carbonyl (C=O) groups is 2. The maximum absolute atomic E-state index is 12.6. The molecule has 1 atom stereocenters. The van der Waals surface area contributed by atoms with E-state index in [1.807, 2.05) is 36.1 Å². The van der Waals surface area contributed by atoms with Gasteiger partial charge in [0.2, 0.25) is 0 Å². The Morgan fingerprint density at radius 2 is 1.82 bits per heavy atom. The number of thioether (sulfide) groups is 1. The number of ether oxygens (including phenoxy) is 3. The molecular weight excluding hydrogens is 380 g/mol. The summed E-state index contributed by atoms with van der Waals surface area (Å²) in [5.74, 6) is -0.139. The minimum atomic E-state index is -0.467. The van der Waals surface area contributed by atoms with E-state index in [0.29, 0.717) is 32.8 Å². The lowest BCUT2D eigenvalue weighted by Crippen LogP contribution is -2.36. The highest BCUT2D eigenvalue weighted by Crippen LogP contribution is 2.47. The first-order chi connectivity index (χ1) is 13.4. The minimum Gasteiger partial charge on any atom is -0.497 e. The number of amidine groups is 1. The van der Waals surface area contributed by atoms with Crippen molar-refractivity contribution in [1.29, 1.82) is 0 Å². The first-order valence-electron chi connectivity index (χ1n) is 8.79. The van der Waals surface area contributed by atoms with Gasteiger partial charge in [-0.2, -0.15) is 0 Å². The van der Waals surface area contributed by atoms with Crippen LogP contribution in [-0.2, 0) is 19.1 Å². The topological polar surface area (TPSA) is 77.4 Å². The molecule has 0 unspecified atom stereocenters. The van der Waals surface area contributed by atoms with Crippen molar-refractivity contribution in [1.82, 2.24) is 4.90 Å². The second-order valence-electron chi connectivity index (χ2n) is 6.17. The lowest BCUT2D eigenvalue weighted by Gasteiger charge is -2.35. The van der Waals surface area contributed by atoms with E-state index in [0.717, 1.165) is 5.56 Å². The van der Waals surface area contributed by atoms with Gasteiger partial charge in [-0.3, -0.25) is 0 Å². The average molecular weight is 402 g/mol. The van der Waals surface area contributed by atoms with Crippen LogP contribution < -0.4 is 4.74 Å². The number of nitrogens with zero attached hydrogens (tertiary/aromatic N) is 2. The van der Waals surface area contributed by atoms with Gasteiger partial charge in [-0.15, -0.1) is 0 Å². The van der Waals surface area contributed by atoms with Crippen LogP contribution in [-0.4, -0.2) is 42.8 Å². The zero-order chi connectivity index (χ0) is 20.4. The maximum atomic E-state index is 12.6. The molecule has 0 aliphatic carbocycles. The molecule has 0 radical (unpaired) electrons. The van der Waals surface area contributed by atoms with Gasteiger partial charge in [0.1, 0.15) is 10.7 Å². The molecule has 3 rings (SSSR count). The molecule has 2 heterocycles. The maximum Gasteiger partial charge on any atom is 0.346 e. The fraction of sp³-hybridized carbons (Fsp3) is 0.350. The van der Waals surface area contributed by atoms with E-state index in [-0.39, 0.29) is 6.61 Å². The van der Waals surface area contributed by atoms with Crippen LogP contribution in [0.2, 0.25) is 0 Å². The third-order valence-corrected chi connectivity index (χ3v) is 5.71. The summed E-state index contributed by atoms with van der Waals surface area (Å²) in [6.45, 7) is 5.65. The summed E-state index contributed by atoms with van der Waals surface area (Å²) in [5, 5.41) is 0.631. The van der Waals surface area contributed by atoms with Crippen molar-refractivity contribution < 1.29 is 23.8 Å². The van der Waals surface area contributed by atoms with E-state index in [4.69, 9.17) is 14.2 Å². The largest absolute Gasteiger partial charge is 0.497 e. The second-order valence-corrected chi connectivity index (χ2v) is 7.15. The normalized spacial score (nSPS) is 18.7. The molecule has 0 bridgehead atoms. The molecule has 0 saturated carbocycles. The summed E-state index contributed by atoms with van der Waals surface area (Å²) in [6, 6.07) is 6.98. The zero-order valence-electron chi connectivity index (χ0n) is 16.4. The van der Waals surface area contributed by atoms with Gasteiger partial charge in [0.05, 0.1) is 38.1 Å². The van der Waals surface area contributed by atoms with Crippen LogP contribution in [0, 0.1) is 0 Å². The number of hydrogen-bond donors (Lipinski definition) is 0. The molecule has 7 nitrogen and oxygen atoms in total. The highest BCUT2D eigenvalue weighted by atomic mass is 32.2. The van der Waals surface area contributed by atoms with Gasteiger partial charge in [0.15, 0.2) is 5.17 Å². The fourth-order valence-corrected chi connectivity index (χ4v) is 4.33. The Bertz CT molecular complexity index is 902. The van der Waals surface area contributed by atoms with Crippen molar-refractivity contribution in [3.8, 4) is 5.75 Å². The molecule has 0 amide bonds. The quantitative estimate of drug-likeness (QED) is 0.699. The molecule has 0 N–H and O–H groups in total. The molecule has 0 saturated heterocycles. The van der Waals surface area contributed by atoms with Crippen molar-refractivity contribution in [2.45, 2.75) is 26.8 Å². The number of allylic oxidation sites excluding steroid dienone is 2. The van der Waals surface area contributed by atoms with Gasteiger partial charge < -0.3 is 19.1 Å². The summed E-state index contributed by atoms with van der Waals surface area (Å²) in [5.41, 5.74) is 2.54. The highest BCUT2D eigenvalue weighted by molar-refractivity contribution is 8.18. The van der Waals surface area contributed by atoms with Crippen LogP contribution in [0.5, 0.6) is 5.75 Å². The van der Waals surface area contributed by atoms with Gasteiger partial charge in [-0.25, -0.2) is 14.6 Å². The molecular formula is C20H22N2O5S. The van der Waals surface area contributed by atoms with Crippen LogP contribution >= 0.6 is 11.8 Å². The molecule has 1 aromatic carbocycles. The Hall–Kier alpha value is -2.74. The van der Waals surface area contributed by atoms with Gasteiger partial charge >= 0.3 is 11.9 Å². The molecule has 0 spiro atoms. The van der Waals surface area contributed by atoms with E-state index >= 15 is 0 Å². The average Bonchev–Trinajstić information content (AvgIpc) is 3.02. The van der Waals surface area contributed by atoms with Crippen LogP contribution in [0.15, 0.2) is 51.1 Å². The standard InChI is InChI=1S/C20H22N2O5S/c1-6-27-19(24)17-12(3)22-16(13-7-9-14(25-4)10-8-13)15(18(23)26-5)11(2)21-20(22)28-17/h7-10,16H,6H2,1-5H3/t16-/m0/s1. The number of benzene rings is 1. The molecule has 2 aliphatic heterocycles. The van der Waals surface area contributed by atoms with Gasteiger partial charge in [0, 0.05) is 5.70 Å². The smallest absolute Gasteiger partial charge is 0.346 e. The number of carbonyl (C=O) groups excluding carboxylic acids is 2. The highest BCUT2D eigenvalue weighted by Gasteiger charge is 2.43. The summed E-state index contributed by atoms with van der Waals surface area (Å²) in [4.78, 5) is 31.9. The molecule has 28 heavy (non-hydrogen) atoms. The van der Waals surface area contributed by atoms with E-state index < -0.39 is 18.0 Å². The predicted molar refractivity (Wildman–Crippen MR) is 107 cm³/mol. The number of fused-ring (bicyclic) bond motifs is 1. The molecule has 0 aromatic heterocycles. The lowest BCUT2D eigenvalue weighted by atomic mass is 9.94. The van der Waals surface area contributed by atoms with Crippen LogP contribution in [0.4, 0.5) is 0 Å². The number of hydrogen-bond acceptors (Lipinski definition) is 8. The Kier molecular flexibility index (Phi) is 5.79. The minimum absolute atomic E-state index is 0.287.